The first kappa shape index (κ1) is 17.0. The van der Waals surface area contributed by atoms with Crippen molar-refractivity contribution in [3.8, 4) is 0 Å². The number of aromatic nitrogens is 9. The fraction of sp³-hybridized carbons (Fsp3) is 0.308. The Morgan fingerprint density at radius 3 is 1.50 bits per heavy atom. The van der Waals surface area contributed by atoms with Gasteiger partial charge in [-0.2, -0.15) is 0 Å². The van der Waals surface area contributed by atoms with E-state index in [1.54, 1.807) is 18.6 Å². The molecule has 0 bridgehead atoms. The Kier molecular flexibility index (Phi) is 5.91. The SMILES string of the molecule is [123I]CCCC[P+](c1ccnnn1)(c1ccnnn1)c1ccnnn1. The van der Waals surface area contributed by atoms with E-state index in [4.69, 9.17) is 0 Å². The van der Waals surface area contributed by atoms with Gasteiger partial charge < -0.3 is 0 Å². The normalized spacial score (nSPS) is 11.4. The van der Waals surface area contributed by atoms with Crippen molar-refractivity contribution in [2.45, 2.75) is 12.8 Å². The first-order chi connectivity index (χ1) is 11.9. The average molecular weight is 450 g/mol. The van der Waals surface area contributed by atoms with Crippen LogP contribution >= 0.6 is 29.9 Å². The molecular formula is C13H14IN9P+. The van der Waals surface area contributed by atoms with Gasteiger partial charge in [0.05, 0.1) is 24.8 Å². The highest BCUT2D eigenvalue weighted by atomic mass is 123. The maximum absolute atomic E-state index is 4.29. The number of rotatable bonds is 7. The number of hydrogen-bond donors (Lipinski definition) is 0. The largest absolute Gasteiger partial charge is 0.219 e. The molecule has 0 aliphatic heterocycles. The maximum Gasteiger partial charge on any atom is 0.219 e. The summed E-state index contributed by atoms with van der Waals surface area (Å²) in [4.78, 5) is 0. The van der Waals surface area contributed by atoms with E-state index in [9.17, 15) is 0 Å². The van der Waals surface area contributed by atoms with Crippen molar-refractivity contribution in [1.29, 1.82) is 0 Å². The quantitative estimate of drug-likeness (QED) is 0.208. The van der Waals surface area contributed by atoms with Crippen molar-refractivity contribution in [2.24, 2.45) is 0 Å². The number of nitrogens with zero attached hydrogens (tertiary/aromatic N) is 9. The van der Waals surface area contributed by atoms with Crippen LogP contribution in [0.2, 0.25) is 0 Å². The molecule has 0 unspecified atom stereocenters. The molecule has 3 aromatic rings. The fourth-order valence-corrected chi connectivity index (χ4v) is 6.62. The van der Waals surface area contributed by atoms with Gasteiger partial charge in [-0.05, 0) is 32.9 Å². The molecule has 11 heteroatoms. The molecule has 0 aromatic carbocycles. The molecule has 0 radical (unpaired) electrons. The van der Waals surface area contributed by atoms with Gasteiger partial charge in [0.1, 0.15) is 0 Å². The van der Waals surface area contributed by atoms with Crippen molar-refractivity contribution in [3.63, 3.8) is 0 Å². The van der Waals surface area contributed by atoms with E-state index in [-0.39, 0.29) is 0 Å². The lowest BCUT2D eigenvalue weighted by Crippen LogP contribution is -2.39. The average Bonchev–Trinajstić information content (AvgIpc) is 2.68. The third kappa shape index (κ3) is 3.48. The van der Waals surface area contributed by atoms with E-state index in [0.717, 1.165) is 39.7 Å². The van der Waals surface area contributed by atoms with Gasteiger partial charge in [-0.25, -0.2) is 0 Å². The third-order valence-electron chi connectivity index (χ3n) is 3.52. The van der Waals surface area contributed by atoms with Crippen LogP contribution in [0, 0.1) is 0 Å². The molecule has 3 rings (SSSR count). The minimum absolute atomic E-state index is 0.812. The Labute approximate surface area is 152 Å². The lowest BCUT2D eigenvalue weighted by atomic mass is 10.4. The predicted molar refractivity (Wildman–Crippen MR) is 98.3 cm³/mol. The van der Waals surface area contributed by atoms with Crippen LogP contribution in [0.4, 0.5) is 0 Å². The van der Waals surface area contributed by atoms with Crippen molar-refractivity contribution in [2.75, 3.05) is 10.6 Å². The smallest absolute Gasteiger partial charge is 0.138 e. The summed E-state index contributed by atoms with van der Waals surface area (Å²) in [7, 11) is -2.23. The highest BCUT2D eigenvalue weighted by Gasteiger charge is 2.50. The van der Waals surface area contributed by atoms with Gasteiger partial charge in [0, 0.05) is 18.2 Å². The van der Waals surface area contributed by atoms with Crippen LogP contribution in [-0.4, -0.2) is 56.8 Å². The minimum atomic E-state index is -2.23. The Hall–Kier alpha value is -1.81. The van der Waals surface area contributed by atoms with E-state index < -0.39 is 7.26 Å². The molecule has 0 aliphatic rings. The molecule has 24 heavy (non-hydrogen) atoms. The van der Waals surface area contributed by atoms with Gasteiger partial charge in [0.15, 0.2) is 7.26 Å². The lowest BCUT2D eigenvalue weighted by Gasteiger charge is -2.21. The highest BCUT2D eigenvalue weighted by molar-refractivity contribution is 14.1. The Bertz CT molecular complexity index is 650. The minimum Gasteiger partial charge on any atom is -0.138 e. The molecule has 122 valence electrons. The summed E-state index contributed by atoms with van der Waals surface area (Å²) >= 11 is 2.38. The maximum atomic E-state index is 4.29. The molecule has 0 saturated heterocycles. The molecule has 0 aliphatic carbocycles. The molecule has 0 saturated carbocycles. The fourth-order valence-electron chi connectivity index (χ4n) is 2.45. The van der Waals surface area contributed by atoms with Gasteiger partial charge in [-0.1, -0.05) is 37.9 Å². The Morgan fingerprint density at radius 2 is 1.17 bits per heavy atom. The Morgan fingerprint density at radius 1 is 0.708 bits per heavy atom. The molecule has 0 spiro atoms. The number of alkyl halides is 1. The van der Waals surface area contributed by atoms with Crippen LogP contribution in [0.3, 0.4) is 0 Å². The molecule has 3 aromatic heterocycles. The van der Waals surface area contributed by atoms with E-state index in [1.807, 2.05) is 18.2 Å². The van der Waals surface area contributed by atoms with Gasteiger partial charge in [0.2, 0.25) is 16.3 Å². The molecule has 3 heterocycles. The summed E-state index contributed by atoms with van der Waals surface area (Å²) < 4.78 is 1.09. The summed E-state index contributed by atoms with van der Waals surface area (Å²) in [6.07, 6.45) is 7.87. The first-order valence-electron chi connectivity index (χ1n) is 7.27. The highest BCUT2D eigenvalue weighted by Crippen LogP contribution is 2.53. The van der Waals surface area contributed by atoms with Crippen LogP contribution in [0.25, 0.3) is 0 Å². The molecule has 0 amide bonds. The van der Waals surface area contributed by atoms with Crippen LogP contribution < -0.4 is 16.3 Å². The van der Waals surface area contributed by atoms with Gasteiger partial charge in [0.25, 0.3) is 0 Å². The zero-order valence-corrected chi connectivity index (χ0v) is 15.7. The summed E-state index contributed by atoms with van der Waals surface area (Å²) in [5.74, 6) is 0. The second kappa shape index (κ2) is 8.34. The van der Waals surface area contributed by atoms with Gasteiger partial charge in [-0.15, -0.1) is 15.3 Å². The van der Waals surface area contributed by atoms with E-state index in [0.29, 0.717) is 0 Å². The van der Waals surface area contributed by atoms with E-state index in [1.165, 1.54) is 0 Å². The van der Waals surface area contributed by atoms with Crippen LogP contribution in [-0.2, 0) is 0 Å². The summed E-state index contributed by atoms with van der Waals surface area (Å²) in [5, 5.41) is 35.8. The summed E-state index contributed by atoms with van der Waals surface area (Å²) in [5.41, 5.74) is 2.44. The second-order valence-electron chi connectivity index (χ2n) is 4.87. The zero-order valence-electron chi connectivity index (χ0n) is 12.6. The number of unbranched alkanes of at least 4 members (excludes halogenated alkanes) is 1. The van der Waals surface area contributed by atoms with Crippen molar-refractivity contribution < 1.29 is 0 Å². The molecule has 0 N–H and O–H groups in total. The topological polar surface area (TPSA) is 116 Å². The van der Waals surface area contributed by atoms with Crippen molar-refractivity contribution in [3.05, 3.63) is 36.8 Å². The summed E-state index contributed by atoms with van der Waals surface area (Å²) in [6.45, 7) is 0. The van der Waals surface area contributed by atoms with Gasteiger partial charge in [-0.3, -0.25) is 0 Å². The van der Waals surface area contributed by atoms with E-state index >= 15 is 0 Å². The van der Waals surface area contributed by atoms with Crippen LogP contribution in [0.1, 0.15) is 12.8 Å². The predicted octanol–water partition coefficient (Wildman–Crippen LogP) is -0.249. The number of halogens is 1. The van der Waals surface area contributed by atoms with Gasteiger partial charge >= 0.3 is 0 Å². The molecule has 0 atom stereocenters. The molecule has 0 fully saturated rings. The lowest BCUT2D eigenvalue weighted by molar-refractivity contribution is 0.863. The van der Waals surface area contributed by atoms with Crippen molar-refractivity contribution >= 4 is 46.2 Å². The monoisotopic (exact) mass is 450 g/mol. The Balaban J connectivity index is 2.20. The molecular weight excluding hydrogens is 436 g/mol. The standard InChI is InChI=1S/C13H14IN9P/c14-6-1-2-10-24(11-3-7-15-21-18-11,12-4-8-16-22-19-12)13-5-9-17-23-20-13/h3-5,7-9H,1-2,6,10H2/q+1/i14-4. The van der Waals surface area contributed by atoms with Crippen LogP contribution in [0.5, 0.6) is 0 Å². The molecule has 9 nitrogen and oxygen atoms in total. The zero-order chi connectivity index (χ0) is 16.7. The summed E-state index contributed by atoms with van der Waals surface area (Å²) in [6, 6.07) is 5.61. The van der Waals surface area contributed by atoms with Crippen molar-refractivity contribution in [1.82, 2.24) is 46.2 Å². The van der Waals surface area contributed by atoms with Crippen LogP contribution in [0.15, 0.2) is 36.8 Å². The van der Waals surface area contributed by atoms with E-state index in [2.05, 4.69) is 68.8 Å². The number of hydrogen-bond acceptors (Lipinski definition) is 9. The second-order valence-corrected chi connectivity index (χ2v) is 9.39. The first-order valence-corrected chi connectivity index (χ1v) is 10.8. The third-order valence-corrected chi connectivity index (χ3v) is 8.33.